The third-order valence-electron chi connectivity index (χ3n) is 6.31. The molecular formula is C19H28N2O5. The van der Waals surface area contributed by atoms with E-state index in [4.69, 9.17) is 9.47 Å². The number of carbonyl (C=O) groups excluding carboxylic acids is 3. The summed E-state index contributed by atoms with van der Waals surface area (Å²) in [5, 5.41) is 0. The van der Waals surface area contributed by atoms with Crippen LogP contribution >= 0.6 is 0 Å². The normalized spacial score (nSPS) is 33.0. The summed E-state index contributed by atoms with van der Waals surface area (Å²) in [5.74, 6) is -0.427. The van der Waals surface area contributed by atoms with Gasteiger partial charge >= 0.3 is 0 Å². The Kier molecular flexibility index (Phi) is 5.27. The molecule has 7 nitrogen and oxygen atoms in total. The van der Waals surface area contributed by atoms with Crippen LogP contribution in [0.2, 0.25) is 0 Å². The van der Waals surface area contributed by atoms with Gasteiger partial charge in [-0.25, -0.2) is 0 Å². The number of hydrogen-bond acceptors (Lipinski definition) is 5. The van der Waals surface area contributed by atoms with Crippen LogP contribution in [0.1, 0.15) is 51.4 Å². The number of fused-ring (bicyclic) bond motifs is 1. The third-order valence-corrected chi connectivity index (χ3v) is 6.31. The van der Waals surface area contributed by atoms with Crippen LogP contribution in [-0.4, -0.2) is 66.2 Å². The molecule has 0 radical (unpaired) electrons. The largest absolute Gasteiger partial charge is 0.348 e. The van der Waals surface area contributed by atoms with E-state index in [2.05, 4.69) is 0 Å². The van der Waals surface area contributed by atoms with E-state index in [0.717, 1.165) is 44.9 Å². The lowest BCUT2D eigenvalue weighted by Crippen LogP contribution is -2.50. The molecule has 3 atom stereocenters. The Morgan fingerprint density at radius 1 is 0.923 bits per heavy atom. The number of piperidine rings is 1. The van der Waals surface area contributed by atoms with Gasteiger partial charge in [-0.1, -0.05) is 12.8 Å². The fourth-order valence-electron chi connectivity index (χ4n) is 4.95. The van der Waals surface area contributed by atoms with Crippen LogP contribution in [0.5, 0.6) is 0 Å². The molecule has 0 aromatic rings. The molecule has 1 aliphatic carbocycles. The minimum Gasteiger partial charge on any atom is -0.348 e. The first kappa shape index (κ1) is 17.9. The van der Waals surface area contributed by atoms with Crippen LogP contribution in [0.4, 0.5) is 0 Å². The summed E-state index contributed by atoms with van der Waals surface area (Å²) < 4.78 is 11.2. The van der Waals surface area contributed by atoms with E-state index in [-0.39, 0.29) is 54.9 Å². The van der Waals surface area contributed by atoms with E-state index in [1.165, 1.54) is 4.90 Å². The van der Waals surface area contributed by atoms with Crippen LogP contribution in [-0.2, 0) is 23.9 Å². The smallest absolute Gasteiger partial charge is 0.233 e. The lowest BCUT2D eigenvalue weighted by molar-refractivity contribution is -0.151. The first-order valence-electron chi connectivity index (χ1n) is 10.0. The lowest BCUT2D eigenvalue weighted by Gasteiger charge is -2.38. The Labute approximate surface area is 154 Å². The molecule has 144 valence electrons. The molecule has 0 bridgehead atoms. The molecule has 26 heavy (non-hydrogen) atoms. The van der Waals surface area contributed by atoms with Gasteiger partial charge in [-0.3, -0.25) is 19.3 Å². The highest BCUT2D eigenvalue weighted by molar-refractivity contribution is 6.05. The summed E-state index contributed by atoms with van der Waals surface area (Å²) in [6.07, 6.45) is 6.42. The van der Waals surface area contributed by atoms with Gasteiger partial charge in [0.05, 0.1) is 31.1 Å². The van der Waals surface area contributed by atoms with Crippen LogP contribution in [0.25, 0.3) is 0 Å². The third kappa shape index (κ3) is 3.27. The van der Waals surface area contributed by atoms with E-state index in [1.807, 2.05) is 4.90 Å². The number of likely N-dealkylation sites (tertiary alicyclic amines) is 2. The topological polar surface area (TPSA) is 76.2 Å². The molecule has 4 aliphatic rings. The molecule has 3 heterocycles. The van der Waals surface area contributed by atoms with Crippen molar-refractivity contribution in [2.45, 2.75) is 63.7 Å². The highest BCUT2D eigenvalue weighted by atomic mass is 16.7. The summed E-state index contributed by atoms with van der Waals surface area (Å²) in [5.41, 5.74) is 0. The molecule has 3 amide bonds. The maximum absolute atomic E-state index is 12.8. The number of hydrogen-bond donors (Lipinski definition) is 0. The number of ether oxygens (including phenoxy) is 2. The zero-order valence-corrected chi connectivity index (χ0v) is 15.2. The highest BCUT2D eigenvalue weighted by Crippen LogP contribution is 2.38. The monoisotopic (exact) mass is 364 g/mol. The molecular weight excluding hydrogens is 336 g/mol. The molecule has 1 saturated carbocycles. The minimum absolute atomic E-state index is 0.00993. The average molecular weight is 364 g/mol. The molecule has 3 aliphatic heterocycles. The summed E-state index contributed by atoms with van der Waals surface area (Å²) >= 11 is 0. The van der Waals surface area contributed by atoms with Gasteiger partial charge < -0.3 is 14.4 Å². The van der Waals surface area contributed by atoms with Gasteiger partial charge in [0.25, 0.3) is 0 Å². The number of amides is 3. The Hall–Kier alpha value is -1.47. The van der Waals surface area contributed by atoms with E-state index in [1.54, 1.807) is 0 Å². The lowest BCUT2D eigenvalue weighted by atomic mass is 9.81. The zero-order chi connectivity index (χ0) is 18.1. The van der Waals surface area contributed by atoms with Crippen LogP contribution < -0.4 is 0 Å². The van der Waals surface area contributed by atoms with Crippen molar-refractivity contribution in [2.75, 3.05) is 26.3 Å². The van der Waals surface area contributed by atoms with Crippen LogP contribution in [0.3, 0.4) is 0 Å². The Morgan fingerprint density at radius 3 is 2.19 bits per heavy atom. The standard InChI is InChI=1S/C19H28N2O5/c22-16(20-9-4-3-7-15(20)19-25-11-12-26-19)8-10-21-17(23)13-5-1-2-6-14(13)18(21)24/h13-15,19H,1-12H2/t13-,14-,15+/m1/s1. The van der Waals surface area contributed by atoms with Crippen molar-refractivity contribution >= 4 is 17.7 Å². The molecule has 0 aromatic heterocycles. The molecule has 7 heteroatoms. The van der Waals surface area contributed by atoms with E-state index in [0.29, 0.717) is 19.8 Å². The van der Waals surface area contributed by atoms with Crippen molar-refractivity contribution in [3.63, 3.8) is 0 Å². The quantitative estimate of drug-likeness (QED) is 0.703. The maximum atomic E-state index is 12.8. The Morgan fingerprint density at radius 2 is 1.54 bits per heavy atom. The predicted molar refractivity (Wildman–Crippen MR) is 91.8 cm³/mol. The van der Waals surface area contributed by atoms with Crippen LogP contribution in [0, 0.1) is 11.8 Å². The van der Waals surface area contributed by atoms with E-state index in [9.17, 15) is 14.4 Å². The first-order valence-corrected chi connectivity index (χ1v) is 10.0. The summed E-state index contributed by atoms with van der Waals surface area (Å²) in [7, 11) is 0. The zero-order valence-electron chi connectivity index (χ0n) is 15.2. The minimum atomic E-state index is -0.336. The number of nitrogens with zero attached hydrogens (tertiary/aromatic N) is 2. The molecule has 4 fully saturated rings. The average Bonchev–Trinajstić information content (AvgIpc) is 3.29. The second-order valence-corrected chi connectivity index (χ2v) is 7.84. The van der Waals surface area contributed by atoms with Gasteiger partial charge in [0.1, 0.15) is 0 Å². The van der Waals surface area contributed by atoms with Gasteiger partial charge in [0.15, 0.2) is 6.29 Å². The molecule has 0 spiro atoms. The summed E-state index contributed by atoms with van der Waals surface area (Å²) in [6, 6.07) is -0.0497. The van der Waals surface area contributed by atoms with E-state index < -0.39 is 0 Å². The Balaban J connectivity index is 1.36. The second-order valence-electron chi connectivity index (χ2n) is 7.84. The van der Waals surface area contributed by atoms with Crippen LogP contribution in [0.15, 0.2) is 0 Å². The molecule has 0 N–H and O–H groups in total. The van der Waals surface area contributed by atoms with Crippen molar-refractivity contribution in [2.24, 2.45) is 11.8 Å². The Bertz CT molecular complexity index is 550. The number of imide groups is 1. The summed E-state index contributed by atoms with van der Waals surface area (Å²) in [6.45, 7) is 2.05. The number of carbonyl (C=O) groups is 3. The molecule has 0 aromatic carbocycles. The van der Waals surface area contributed by atoms with Gasteiger partial charge in [0, 0.05) is 19.5 Å². The second kappa shape index (κ2) is 7.64. The molecule has 3 saturated heterocycles. The van der Waals surface area contributed by atoms with Gasteiger partial charge in [-0.05, 0) is 32.1 Å². The van der Waals surface area contributed by atoms with Gasteiger partial charge in [-0.2, -0.15) is 0 Å². The summed E-state index contributed by atoms with van der Waals surface area (Å²) in [4.78, 5) is 41.1. The van der Waals surface area contributed by atoms with Crippen molar-refractivity contribution in [1.82, 2.24) is 9.80 Å². The van der Waals surface area contributed by atoms with Crippen molar-refractivity contribution in [1.29, 1.82) is 0 Å². The maximum Gasteiger partial charge on any atom is 0.233 e. The molecule has 4 rings (SSSR count). The van der Waals surface area contributed by atoms with Gasteiger partial charge in [0.2, 0.25) is 17.7 Å². The molecule has 0 unspecified atom stereocenters. The van der Waals surface area contributed by atoms with Crippen molar-refractivity contribution in [3.8, 4) is 0 Å². The first-order chi connectivity index (χ1) is 12.7. The van der Waals surface area contributed by atoms with E-state index >= 15 is 0 Å². The fourth-order valence-corrected chi connectivity index (χ4v) is 4.95. The number of rotatable bonds is 4. The van der Waals surface area contributed by atoms with Crippen molar-refractivity contribution < 1.29 is 23.9 Å². The van der Waals surface area contributed by atoms with Crippen molar-refractivity contribution in [3.05, 3.63) is 0 Å². The fraction of sp³-hybridized carbons (Fsp3) is 0.842. The van der Waals surface area contributed by atoms with Gasteiger partial charge in [-0.15, -0.1) is 0 Å². The SMILES string of the molecule is O=C1[C@@H]2CCCC[C@H]2C(=O)N1CCC(=O)N1CCCC[C@H]1C1OCCO1. The predicted octanol–water partition coefficient (Wildman–Crippen LogP) is 1.31. The highest BCUT2D eigenvalue weighted by Gasteiger charge is 2.48.